The van der Waals surface area contributed by atoms with Crippen LogP contribution in [0.4, 0.5) is 15.9 Å². The number of halogens is 2. The summed E-state index contributed by atoms with van der Waals surface area (Å²) >= 11 is 7.31. The van der Waals surface area contributed by atoms with E-state index in [1.807, 2.05) is 6.92 Å². The number of hydrogen-bond acceptors (Lipinski definition) is 8. The Balaban J connectivity index is 1.43. The Morgan fingerprint density at radius 2 is 1.94 bits per heavy atom. The zero-order valence-corrected chi connectivity index (χ0v) is 20.6. The fourth-order valence-electron chi connectivity index (χ4n) is 3.58. The van der Waals surface area contributed by atoms with Crippen LogP contribution in [-0.4, -0.2) is 49.4 Å². The topological polar surface area (TPSA) is 101 Å². The van der Waals surface area contributed by atoms with E-state index in [2.05, 4.69) is 25.5 Å². The van der Waals surface area contributed by atoms with Gasteiger partial charge in [-0.15, -0.1) is 0 Å². The van der Waals surface area contributed by atoms with Crippen molar-refractivity contribution >= 4 is 63.7 Å². The molecule has 0 unspecified atom stereocenters. The molecule has 2 N–H and O–H groups in total. The monoisotopic (exact) mass is 557 g/mol. The van der Waals surface area contributed by atoms with Crippen molar-refractivity contribution in [1.29, 1.82) is 0 Å². The number of nitrogens with one attached hydrogen (secondary N) is 1. The molecule has 0 aliphatic heterocycles. The van der Waals surface area contributed by atoms with E-state index in [1.165, 1.54) is 29.8 Å². The molecule has 0 bridgehead atoms. The van der Waals surface area contributed by atoms with Gasteiger partial charge in [-0.1, -0.05) is 0 Å². The number of anilines is 2. The van der Waals surface area contributed by atoms with Crippen LogP contribution in [0.15, 0.2) is 48.8 Å². The second-order valence-electron chi connectivity index (χ2n) is 7.38. The first-order valence-corrected chi connectivity index (χ1v) is 12.9. The Morgan fingerprint density at radius 3 is 2.74 bits per heavy atom. The third-order valence-corrected chi connectivity index (χ3v) is 9.25. The van der Waals surface area contributed by atoms with Crippen molar-refractivity contribution in [2.45, 2.75) is 6.92 Å². The second kappa shape index (κ2) is 8.14. The molecule has 4 heterocycles. The van der Waals surface area contributed by atoms with Gasteiger partial charge in [0.25, 0.3) is 0 Å². The fraction of sp³-hybridized carbons (Fsp3) is 0.0455. The Labute approximate surface area is 206 Å². The van der Waals surface area contributed by atoms with E-state index >= 15 is 0 Å². The first kappa shape index (κ1) is 21.2. The minimum absolute atomic E-state index is 0.0389. The number of aryl methyl sites for hydroxylation is 1. The van der Waals surface area contributed by atoms with Crippen LogP contribution in [-0.2, 0) is 0 Å². The Bertz CT molecular complexity index is 1700. The minimum atomic E-state index is -0.475. The van der Waals surface area contributed by atoms with Crippen LogP contribution in [0.5, 0.6) is 5.75 Å². The molecule has 0 aliphatic rings. The van der Waals surface area contributed by atoms with Crippen LogP contribution in [0.1, 0.15) is 5.56 Å². The number of fused-ring (bicyclic) bond motifs is 2. The third-order valence-electron chi connectivity index (χ3n) is 5.22. The van der Waals surface area contributed by atoms with Gasteiger partial charge >= 0.3 is 207 Å². The standard InChI is InChI=1S/C22H13ClFN7OSSe/c1-10-16-18(27-12-4-7-15(24)14(23)8-12)25-9-26-21(16)34-17(10)20-30-31-19(28-29-22(31)33-20)11-2-5-13(32)6-3-11/h2-9,32H,1H3,(H,25,26,27). The van der Waals surface area contributed by atoms with Crippen LogP contribution >= 0.6 is 22.9 Å². The van der Waals surface area contributed by atoms with Gasteiger partial charge in [-0.3, -0.25) is 0 Å². The molecule has 0 atom stereocenters. The number of benzene rings is 2. The van der Waals surface area contributed by atoms with Crippen molar-refractivity contribution in [3.8, 4) is 26.6 Å². The number of phenols is 1. The van der Waals surface area contributed by atoms with Gasteiger partial charge in [-0.25, -0.2) is 0 Å². The quantitative estimate of drug-likeness (QED) is 0.292. The SMILES string of the molecule is Cc1c(-c2nn3c(-c4ccc(O)cc4)nnc3s2)[se]c2ncnc(Nc3ccc(F)c(Cl)c3)c12. The van der Waals surface area contributed by atoms with Crippen LogP contribution in [0.3, 0.4) is 0 Å². The molecule has 12 heteroatoms. The van der Waals surface area contributed by atoms with E-state index in [9.17, 15) is 9.50 Å². The third kappa shape index (κ3) is 3.53. The van der Waals surface area contributed by atoms with E-state index in [0.717, 1.165) is 30.3 Å². The predicted molar refractivity (Wildman–Crippen MR) is 131 cm³/mol. The second-order valence-corrected chi connectivity index (χ2v) is 10.8. The average Bonchev–Trinajstić information content (AvgIpc) is 3.50. The van der Waals surface area contributed by atoms with Gasteiger partial charge in [0.1, 0.15) is 0 Å². The molecule has 6 aromatic rings. The Hall–Kier alpha value is -3.37. The van der Waals surface area contributed by atoms with Crippen molar-refractivity contribution < 1.29 is 9.50 Å². The summed E-state index contributed by atoms with van der Waals surface area (Å²) in [6, 6.07) is 11.2. The van der Waals surface area contributed by atoms with Gasteiger partial charge in [0.15, 0.2) is 0 Å². The van der Waals surface area contributed by atoms with Crippen LogP contribution in [0.2, 0.25) is 5.02 Å². The zero-order valence-electron chi connectivity index (χ0n) is 17.3. The number of hydrogen-bond donors (Lipinski definition) is 2. The van der Waals surface area contributed by atoms with Gasteiger partial charge in [-0.05, 0) is 0 Å². The molecule has 34 heavy (non-hydrogen) atoms. The molecule has 0 radical (unpaired) electrons. The summed E-state index contributed by atoms with van der Waals surface area (Å²) in [5.74, 6) is 0.949. The molecule has 8 nitrogen and oxygen atoms in total. The number of rotatable bonds is 4. The average molecular weight is 557 g/mol. The van der Waals surface area contributed by atoms with Crippen molar-refractivity contribution in [3.63, 3.8) is 0 Å². The Morgan fingerprint density at radius 1 is 1.12 bits per heavy atom. The number of aromatic nitrogens is 6. The molecular formula is C22H13ClFN7OSSe. The van der Waals surface area contributed by atoms with Crippen LogP contribution in [0, 0.1) is 12.7 Å². The summed E-state index contributed by atoms with van der Waals surface area (Å²) in [4.78, 5) is 9.60. The van der Waals surface area contributed by atoms with Crippen LogP contribution < -0.4 is 5.32 Å². The summed E-state index contributed by atoms with van der Waals surface area (Å²) in [5, 5.41) is 27.9. The first-order valence-electron chi connectivity index (χ1n) is 9.96. The summed E-state index contributed by atoms with van der Waals surface area (Å²) in [7, 11) is 0. The van der Waals surface area contributed by atoms with E-state index in [-0.39, 0.29) is 25.3 Å². The fourth-order valence-corrected chi connectivity index (χ4v) is 7.23. The van der Waals surface area contributed by atoms with Gasteiger partial charge in [0, 0.05) is 0 Å². The molecule has 168 valence electrons. The molecule has 6 rings (SSSR count). The van der Waals surface area contributed by atoms with Crippen molar-refractivity contribution in [3.05, 3.63) is 65.2 Å². The maximum absolute atomic E-state index is 13.6. The van der Waals surface area contributed by atoms with E-state index in [1.54, 1.807) is 34.8 Å². The zero-order chi connectivity index (χ0) is 23.4. The van der Waals surface area contributed by atoms with E-state index in [4.69, 9.17) is 16.7 Å². The molecule has 4 aromatic heterocycles. The van der Waals surface area contributed by atoms with Gasteiger partial charge in [-0.2, -0.15) is 0 Å². The predicted octanol–water partition coefficient (Wildman–Crippen LogP) is 5.07. The van der Waals surface area contributed by atoms with Gasteiger partial charge in [0.2, 0.25) is 0 Å². The maximum atomic E-state index is 13.6. The molecule has 0 saturated carbocycles. The van der Waals surface area contributed by atoms with Crippen molar-refractivity contribution in [1.82, 2.24) is 29.8 Å². The Kier molecular flexibility index (Phi) is 5.07. The van der Waals surface area contributed by atoms with E-state index in [0.29, 0.717) is 22.3 Å². The normalized spacial score (nSPS) is 11.5. The number of nitrogens with zero attached hydrogens (tertiary/aromatic N) is 6. The molecule has 0 fully saturated rings. The summed E-state index contributed by atoms with van der Waals surface area (Å²) in [6.07, 6.45) is 1.52. The van der Waals surface area contributed by atoms with Crippen molar-refractivity contribution in [2.24, 2.45) is 0 Å². The van der Waals surface area contributed by atoms with Crippen LogP contribution in [0.25, 0.3) is 35.6 Å². The van der Waals surface area contributed by atoms with Gasteiger partial charge < -0.3 is 0 Å². The molecule has 0 saturated heterocycles. The first-order chi connectivity index (χ1) is 16.5. The summed E-state index contributed by atoms with van der Waals surface area (Å²) < 4.78 is 17.3. The molecule has 0 amide bonds. The molecule has 0 aliphatic carbocycles. The number of phenolic OH excluding ortho intramolecular Hbond substituents is 1. The molecule has 0 spiro atoms. The summed E-state index contributed by atoms with van der Waals surface area (Å²) in [6.45, 7) is 2.03. The number of aromatic hydroxyl groups is 1. The summed E-state index contributed by atoms with van der Waals surface area (Å²) in [5.41, 5.74) is 2.48. The van der Waals surface area contributed by atoms with Crippen molar-refractivity contribution in [2.75, 3.05) is 5.32 Å². The van der Waals surface area contributed by atoms with E-state index < -0.39 is 5.82 Å². The van der Waals surface area contributed by atoms with Gasteiger partial charge in [0.05, 0.1) is 0 Å². The molecule has 2 aromatic carbocycles. The molecular weight excluding hydrogens is 544 g/mol.